The van der Waals surface area contributed by atoms with E-state index in [-0.39, 0.29) is 18.3 Å². The lowest BCUT2D eigenvalue weighted by Crippen LogP contribution is -2.50. The van der Waals surface area contributed by atoms with Crippen molar-refractivity contribution in [3.05, 3.63) is 48.3 Å². The van der Waals surface area contributed by atoms with Crippen molar-refractivity contribution >= 4 is 17.6 Å². The van der Waals surface area contributed by atoms with Crippen LogP contribution in [0.4, 0.5) is 5.95 Å². The number of ketones is 1. The van der Waals surface area contributed by atoms with Gasteiger partial charge in [-0.25, -0.2) is 9.97 Å². The van der Waals surface area contributed by atoms with Gasteiger partial charge in [-0.3, -0.25) is 9.59 Å². The molecule has 1 saturated heterocycles. The van der Waals surface area contributed by atoms with Crippen molar-refractivity contribution in [3.8, 4) is 5.75 Å². The number of rotatable bonds is 5. The Morgan fingerprint density at radius 2 is 1.80 bits per heavy atom. The van der Waals surface area contributed by atoms with Gasteiger partial charge >= 0.3 is 0 Å². The van der Waals surface area contributed by atoms with Gasteiger partial charge in [0.05, 0.1) is 0 Å². The maximum Gasteiger partial charge on any atom is 0.260 e. The Kier molecular flexibility index (Phi) is 5.23. The highest BCUT2D eigenvalue weighted by molar-refractivity contribution is 5.94. The normalized spacial score (nSPS) is 14.3. The van der Waals surface area contributed by atoms with Crippen LogP contribution in [0.3, 0.4) is 0 Å². The van der Waals surface area contributed by atoms with Crippen molar-refractivity contribution in [2.45, 2.75) is 6.92 Å². The molecule has 7 heteroatoms. The van der Waals surface area contributed by atoms with E-state index in [1.54, 1.807) is 47.6 Å². The van der Waals surface area contributed by atoms with Crippen LogP contribution in [0.2, 0.25) is 0 Å². The molecule has 0 atom stereocenters. The summed E-state index contributed by atoms with van der Waals surface area (Å²) in [5.74, 6) is 1.11. The molecule has 1 amide bonds. The fourth-order valence-corrected chi connectivity index (χ4v) is 2.65. The van der Waals surface area contributed by atoms with Crippen molar-refractivity contribution in [3.63, 3.8) is 0 Å². The highest BCUT2D eigenvalue weighted by Crippen LogP contribution is 2.14. The van der Waals surface area contributed by atoms with Gasteiger partial charge in [0.25, 0.3) is 5.91 Å². The second-order valence-electron chi connectivity index (χ2n) is 5.79. The number of anilines is 1. The number of hydrogen-bond donors (Lipinski definition) is 0. The third-order valence-electron chi connectivity index (χ3n) is 4.07. The summed E-state index contributed by atoms with van der Waals surface area (Å²) in [6, 6.07) is 8.64. The molecule has 0 radical (unpaired) electrons. The fourth-order valence-electron chi connectivity index (χ4n) is 2.65. The monoisotopic (exact) mass is 340 g/mol. The van der Waals surface area contributed by atoms with Crippen LogP contribution in [0.25, 0.3) is 0 Å². The van der Waals surface area contributed by atoms with Gasteiger partial charge < -0.3 is 14.5 Å². The Balaban J connectivity index is 1.50. The first kappa shape index (κ1) is 16.9. The Morgan fingerprint density at radius 3 is 2.48 bits per heavy atom. The molecule has 0 bridgehead atoms. The summed E-state index contributed by atoms with van der Waals surface area (Å²) >= 11 is 0. The first-order valence-electron chi connectivity index (χ1n) is 8.17. The Bertz CT molecular complexity index is 743. The van der Waals surface area contributed by atoms with Crippen molar-refractivity contribution in [2.75, 3.05) is 37.7 Å². The van der Waals surface area contributed by atoms with Crippen LogP contribution in [0.1, 0.15) is 17.3 Å². The minimum Gasteiger partial charge on any atom is -0.484 e. The first-order chi connectivity index (χ1) is 12.1. The second kappa shape index (κ2) is 7.74. The van der Waals surface area contributed by atoms with E-state index in [2.05, 4.69) is 14.9 Å². The number of piperazine rings is 1. The molecular weight excluding hydrogens is 320 g/mol. The lowest BCUT2D eigenvalue weighted by atomic mass is 10.1. The van der Waals surface area contributed by atoms with Crippen molar-refractivity contribution < 1.29 is 14.3 Å². The summed E-state index contributed by atoms with van der Waals surface area (Å²) < 4.78 is 5.54. The predicted molar refractivity (Wildman–Crippen MR) is 92.8 cm³/mol. The Morgan fingerprint density at radius 1 is 1.08 bits per heavy atom. The zero-order valence-corrected chi connectivity index (χ0v) is 14.1. The number of nitrogens with zero attached hydrogens (tertiary/aromatic N) is 4. The minimum atomic E-state index is -0.0677. The summed E-state index contributed by atoms with van der Waals surface area (Å²) in [6.45, 7) is 4.05. The number of hydrogen-bond acceptors (Lipinski definition) is 6. The number of carbonyl (C=O) groups excluding carboxylic acids is 2. The third kappa shape index (κ3) is 4.32. The molecule has 0 N–H and O–H groups in total. The van der Waals surface area contributed by atoms with Gasteiger partial charge in [0.15, 0.2) is 12.4 Å². The smallest absolute Gasteiger partial charge is 0.260 e. The molecule has 25 heavy (non-hydrogen) atoms. The average Bonchev–Trinajstić information content (AvgIpc) is 2.67. The Hall–Kier alpha value is -2.96. The summed E-state index contributed by atoms with van der Waals surface area (Å²) in [5, 5.41) is 0. The summed E-state index contributed by atoms with van der Waals surface area (Å²) in [7, 11) is 0. The first-order valence-corrected chi connectivity index (χ1v) is 8.17. The van der Waals surface area contributed by atoms with Crippen LogP contribution in [-0.4, -0.2) is 59.3 Å². The lowest BCUT2D eigenvalue weighted by molar-refractivity contribution is -0.133. The number of aromatic nitrogens is 2. The maximum absolute atomic E-state index is 12.3. The van der Waals surface area contributed by atoms with Crippen LogP contribution in [0.15, 0.2) is 42.7 Å². The van der Waals surface area contributed by atoms with Gasteiger partial charge in [-0.2, -0.15) is 0 Å². The van der Waals surface area contributed by atoms with Gasteiger partial charge in [-0.15, -0.1) is 0 Å². The SMILES string of the molecule is CC(=O)c1cccc(OCC(=O)N2CCN(c3ncccn3)CC2)c1. The number of carbonyl (C=O) groups is 2. The Labute approximate surface area is 146 Å². The van der Waals surface area contributed by atoms with E-state index in [1.807, 2.05) is 0 Å². The molecule has 1 aliphatic heterocycles. The van der Waals surface area contributed by atoms with Gasteiger partial charge in [0.1, 0.15) is 5.75 Å². The molecule has 7 nitrogen and oxygen atoms in total. The number of benzene rings is 1. The minimum absolute atomic E-state index is 0.0315. The fraction of sp³-hybridized carbons (Fsp3) is 0.333. The maximum atomic E-state index is 12.3. The molecule has 0 spiro atoms. The molecule has 1 aromatic carbocycles. The largest absolute Gasteiger partial charge is 0.484 e. The zero-order valence-electron chi connectivity index (χ0n) is 14.1. The van der Waals surface area contributed by atoms with Crippen molar-refractivity contribution in [2.24, 2.45) is 0 Å². The zero-order chi connectivity index (χ0) is 17.6. The van der Waals surface area contributed by atoms with E-state index in [0.717, 1.165) is 0 Å². The second-order valence-corrected chi connectivity index (χ2v) is 5.79. The quantitative estimate of drug-likeness (QED) is 0.766. The van der Waals surface area contributed by atoms with E-state index in [0.29, 0.717) is 43.4 Å². The van der Waals surface area contributed by atoms with Crippen LogP contribution >= 0.6 is 0 Å². The number of ether oxygens (including phenoxy) is 1. The van der Waals surface area contributed by atoms with E-state index in [1.165, 1.54) is 6.92 Å². The molecule has 1 aliphatic rings. The third-order valence-corrected chi connectivity index (χ3v) is 4.07. The summed E-state index contributed by atoms with van der Waals surface area (Å²) in [5.41, 5.74) is 0.571. The standard InChI is InChI=1S/C18H20N4O3/c1-14(23)15-4-2-5-16(12-15)25-13-17(24)21-8-10-22(11-9-21)18-19-6-3-7-20-18/h2-7,12H,8-11,13H2,1H3. The lowest BCUT2D eigenvalue weighted by Gasteiger charge is -2.34. The average molecular weight is 340 g/mol. The highest BCUT2D eigenvalue weighted by atomic mass is 16.5. The summed E-state index contributed by atoms with van der Waals surface area (Å²) in [6.07, 6.45) is 3.42. The van der Waals surface area contributed by atoms with E-state index in [4.69, 9.17) is 4.74 Å². The van der Waals surface area contributed by atoms with Gasteiger partial charge in [0.2, 0.25) is 5.95 Å². The highest BCUT2D eigenvalue weighted by Gasteiger charge is 2.22. The van der Waals surface area contributed by atoms with Crippen molar-refractivity contribution in [1.29, 1.82) is 0 Å². The molecule has 0 aliphatic carbocycles. The van der Waals surface area contributed by atoms with Crippen LogP contribution in [0.5, 0.6) is 5.75 Å². The van der Waals surface area contributed by atoms with Gasteiger partial charge in [0, 0.05) is 44.1 Å². The summed E-state index contributed by atoms with van der Waals surface area (Å²) in [4.78, 5) is 36.0. The molecule has 0 unspecified atom stereocenters. The topological polar surface area (TPSA) is 75.6 Å². The van der Waals surface area contributed by atoms with E-state index >= 15 is 0 Å². The molecule has 0 saturated carbocycles. The number of amides is 1. The molecular formula is C18H20N4O3. The van der Waals surface area contributed by atoms with E-state index < -0.39 is 0 Å². The molecule has 3 rings (SSSR count). The molecule has 1 fully saturated rings. The number of Topliss-reactive ketones (excluding diaryl/α,β-unsaturated/α-hetero) is 1. The predicted octanol–water partition coefficient (Wildman–Crippen LogP) is 1.41. The van der Waals surface area contributed by atoms with Crippen LogP contribution < -0.4 is 9.64 Å². The van der Waals surface area contributed by atoms with Crippen LogP contribution in [0, 0.1) is 0 Å². The van der Waals surface area contributed by atoms with Gasteiger partial charge in [-0.05, 0) is 25.1 Å². The molecule has 130 valence electrons. The molecule has 2 aromatic rings. The molecule has 1 aromatic heterocycles. The van der Waals surface area contributed by atoms with Crippen molar-refractivity contribution in [1.82, 2.24) is 14.9 Å². The van der Waals surface area contributed by atoms with Crippen LogP contribution in [-0.2, 0) is 4.79 Å². The molecule has 2 heterocycles. The van der Waals surface area contributed by atoms with E-state index in [9.17, 15) is 9.59 Å². The van der Waals surface area contributed by atoms with Gasteiger partial charge in [-0.1, -0.05) is 12.1 Å².